The number of rotatable bonds is 10. The van der Waals surface area contributed by atoms with E-state index in [1.54, 1.807) is 6.07 Å². The van der Waals surface area contributed by atoms with Crippen molar-refractivity contribution in [2.75, 3.05) is 6.54 Å². The summed E-state index contributed by atoms with van der Waals surface area (Å²) in [6, 6.07) is 3.32. The molecule has 5 nitrogen and oxygen atoms in total. The molecule has 1 saturated heterocycles. The van der Waals surface area contributed by atoms with Gasteiger partial charge in [-0.05, 0) is 38.3 Å². The van der Waals surface area contributed by atoms with Gasteiger partial charge in [0.25, 0.3) is 0 Å². The lowest BCUT2D eigenvalue weighted by molar-refractivity contribution is -0.128. The number of aryl methyl sites for hydroxylation is 1. The van der Waals surface area contributed by atoms with Gasteiger partial charge in [0.05, 0.1) is 6.04 Å². The summed E-state index contributed by atoms with van der Waals surface area (Å²) in [4.78, 5) is 24.9. The third kappa shape index (κ3) is 5.90. The fourth-order valence-electron chi connectivity index (χ4n) is 3.16. The number of carbonyl (C=O) groups is 2. The maximum absolute atomic E-state index is 12.2. The van der Waals surface area contributed by atoms with Crippen molar-refractivity contribution in [3.63, 3.8) is 0 Å². The fourth-order valence-corrected chi connectivity index (χ4v) is 3.16. The van der Waals surface area contributed by atoms with Gasteiger partial charge < -0.3 is 14.4 Å². The zero-order chi connectivity index (χ0) is 18.9. The normalized spacial score (nSPS) is 18.2. The van der Waals surface area contributed by atoms with E-state index in [1.807, 2.05) is 4.90 Å². The third-order valence-electron chi connectivity index (χ3n) is 4.67. The van der Waals surface area contributed by atoms with Gasteiger partial charge in [0.1, 0.15) is 5.76 Å². The lowest BCUT2D eigenvalue weighted by atomic mass is 10.1. The van der Waals surface area contributed by atoms with E-state index in [0.29, 0.717) is 25.1 Å². The Bertz CT molecular complexity index is 671. The SMILES string of the molecule is CCCCC=C(C)C=CC1CCC(=O)N1CCCc1ccc(C(=O)O)o1. The maximum atomic E-state index is 12.2. The van der Waals surface area contributed by atoms with Crippen LogP contribution in [0.4, 0.5) is 0 Å². The van der Waals surface area contributed by atoms with E-state index in [0.717, 1.165) is 19.3 Å². The van der Waals surface area contributed by atoms with Crippen molar-refractivity contribution in [1.29, 1.82) is 0 Å². The molecule has 1 fully saturated rings. The molecule has 1 atom stereocenters. The van der Waals surface area contributed by atoms with E-state index in [1.165, 1.54) is 24.5 Å². The van der Waals surface area contributed by atoms with Gasteiger partial charge in [-0.3, -0.25) is 4.79 Å². The third-order valence-corrected chi connectivity index (χ3v) is 4.67. The number of unbranched alkanes of at least 4 members (excludes halogenated alkanes) is 2. The second-order valence-electron chi connectivity index (χ2n) is 6.82. The van der Waals surface area contributed by atoms with Gasteiger partial charge in [-0.2, -0.15) is 0 Å². The highest BCUT2D eigenvalue weighted by molar-refractivity contribution is 5.84. The first-order chi connectivity index (χ1) is 12.5. The Hall–Kier alpha value is -2.30. The molecule has 0 aliphatic carbocycles. The number of allylic oxidation sites excluding steroid dienone is 3. The lowest BCUT2D eigenvalue weighted by Gasteiger charge is -2.22. The summed E-state index contributed by atoms with van der Waals surface area (Å²) in [6.45, 7) is 4.95. The lowest BCUT2D eigenvalue weighted by Crippen LogP contribution is -2.32. The number of likely N-dealkylation sites (tertiary alicyclic amines) is 1. The summed E-state index contributed by atoms with van der Waals surface area (Å²) in [5.74, 6) is -0.254. The minimum atomic E-state index is -1.06. The highest BCUT2D eigenvalue weighted by Gasteiger charge is 2.28. The van der Waals surface area contributed by atoms with Crippen molar-refractivity contribution >= 4 is 11.9 Å². The molecule has 26 heavy (non-hydrogen) atoms. The van der Waals surface area contributed by atoms with Crippen molar-refractivity contribution < 1.29 is 19.1 Å². The highest BCUT2D eigenvalue weighted by Crippen LogP contribution is 2.21. The molecule has 2 heterocycles. The van der Waals surface area contributed by atoms with Crippen molar-refractivity contribution in [2.24, 2.45) is 0 Å². The van der Waals surface area contributed by atoms with Crippen molar-refractivity contribution in [3.8, 4) is 0 Å². The zero-order valence-corrected chi connectivity index (χ0v) is 15.7. The molecule has 1 aromatic rings. The molecule has 1 N–H and O–H groups in total. The van der Waals surface area contributed by atoms with Crippen molar-refractivity contribution in [3.05, 3.63) is 47.5 Å². The van der Waals surface area contributed by atoms with Crippen LogP contribution in [0.5, 0.6) is 0 Å². The number of amides is 1. The number of carboxylic acid groups (broad SMARTS) is 1. The Morgan fingerprint density at radius 3 is 2.88 bits per heavy atom. The molecule has 0 radical (unpaired) electrons. The van der Waals surface area contributed by atoms with E-state index in [4.69, 9.17) is 9.52 Å². The van der Waals surface area contributed by atoms with Crippen LogP contribution in [0, 0.1) is 0 Å². The standard InChI is InChI=1S/C21H29NO4/c1-3-4-5-7-16(2)9-10-17-11-14-20(23)22(17)15-6-8-18-12-13-19(26-18)21(24)25/h7,9-10,12-13,17H,3-6,8,11,14-15H2,1-2H3,(H,24,25). The Labute approximate surface area is 155 Å². The summed E-state index contributed by atoms with van der Waals surface area (Å²) in [7, 11) is 0. The van der Waals surface area contributed by atoms with Crippen molar-refractivity contribution in [1.82, 2.24) is 4.90 Å². The predicted molar refractivity (Wildman–Crippen MR) is 101 cm³/mol. The highest BCUT2D eigenvalue weighted by atomic mass is 16.4. The van der Waals surface area contributed by atoms with Gasteiger partial charge in [-0.1, -0.05) is 43.6 Å². The second-order valence-corrected chi connectivity index (χ2v) is 6.82. The molecule has 1 aliphatic heterocycles. The summed E-state index contributed by atoms with van der Waals surface area (Å²) in [5, 5.41) is 8.88. The molecule has 1 aromatic heterocycles. The number of furan rings is 1. The van der Waals surface area contributed by atoms with E-state index in [-0.39, 0.29) is 17.7 Å². The molecule has 1 unspecified atom stereocenters. The number of carbonyl (C=O) groups excluding carboxylic acids is 1. The van der Waals surface area contributed by atoms with E-state index < -0.39 is 5.97 Å². The first-order valence-corrected chi connectivity index (χ1v) is 9.47. The van der Waals surface area contributed by atoms with Crippen LogP contribution in [0.3, 0.4) is 0 Å². The first-order valence-electron chi connectivity index (χ1n) is 9.47. The number of hydrogen-bond donors (Lipinski definition) is 1. The smallest absolute Gasteiger partial charge is 0.371 e. The Morgan fingerprint density at radius 2 is 2.19 bits per heavy atom. The van der Waals surface area contributed by atoms with E-state index in [9.17, 15) is 9.59 Å². The molecular weight excluding hydrogens is 330 g/mol. The van der Waals surface area contributed by atoms with Gasteiger partial charge in [0.15, 0.2) is 0 Å². The Kier molecular flexibility index (Phi) is 7.70. The monoisotopic (exact) mass is 359 g/mol. The predicted octanol–water partition coefficient (Wildman–Crippen LogP) is 4.59. The van der Waals surface area contributed by atoms with Gasteiger partial charge in [-0.25, -0.2) is 4.79 Å². The molecule has 0 saturated carbocycles. The maximum Gasteiger partial charge on any atom is 0.371 e. The fraction of sp³-hybridized carbons (Fsp3) is 0.524. The van der Waals surface area contributed by atoms with Gasteiger partial charge in [0.2, 0.25) is 11.7 Å². The quantitative estimate of drug-likeness (QED) is 0.490. The van der Waals surface area contributed by atoms with Crippen molar-refractivity contribution in [2.45, 2.75) is 64.8 Å². The van der Waals surface area contributed by atoms with Crippen LogP contribution < -0.4 is 0 Å². The van der Waals surface area contributed by atoms with Crippen LogP contribution in [0.2, 0.25) is 0 Å². The van der Waals surface area contributed by atoms with Crippen LogP contribution >= 0.6 is 0 Å². The van der Waals surface area contributed by atoms with E-state index >= 15 is 0 Å². The number of carboxylic acids is 1. The Morgan fingerprint density at radius 1 is 1.38 bits per heavy atom. The molecule has 2 rings (SSSR count). The van der Waals surface area contributed by atoms with Gasteiger partial charge >= 0.3 is 5.97 Å². The average molecular weight is 359 g/mol. The minimum Gasteiger partial charge on any atom is -0.475 e. The average Bonchev–Trinajstić information content (AvgIpc) is 3.21. The van der Waals surface area contributed by atoms with Crippen LogP contribution in [0.1, 0.15) is 68.7 Å². The van der Waals surface area contributed by atoms with Crippen LogP contribution in [0.15, 0.2) is 40.4 Å². The van der Waals surface area contributed by atoms with Crippen LogP contribution in [0.25, 0.3) is 0 Å². The second kappa shape index (κ2) is 10.00. The molecule has 1 amide bonds. The molecule has 0 bridgehead atoms. The number of aromatic carboxylic acids is 1. The molecule has 1 aliphatic rings. The summed E-state index contributed by atoms with van der Waals surface area (Å²) in [6.07, 6.45) is 12.9. The summed E-state index contributed by atoms with van der Waals surface area (Å²) >= 11 is 0. The zero-order valence-electron chi connectivity index (χ0n) is 15.7. The van der Waals surface area contributed by atoms with Crippen LogP contribution in [-0.2, 0) is 11.2 Å². The largest absolute Gasteiger partial charge is 0.475 e. The van der Waals surface area contributed by atoms with E-state index in [2.05, 4.69) is 32.1 Å². The van der Waals surface area contributed by atoms with Gasteiger partial charge in [-0.15, -0.1) is 0 Å². The number of hydrogen-bond acceptors (Lipinski definition) is 3. The Balaban J connectivity index is 1.84. The topological polar surface area (TPSA) is 70.8 Å². The molecule has 5 heteroatoms. The summed E-state index contributed by atoms with van der Waals surface area (Å²) < 4.78 is 5.26. The summed E-state index contributed by atoms with van der Waals surface area (Å²) in [5.41, 5.74) is 1.24. The van der Waals surface area contributed by atoms with Crippen LogP contribution in [-0.4, -0.2) is 34.5 Å². The molecule has 0 spiro atoms. The molecular formula is C21H29NO4. The molecule has 0 aromatic carbocycles. The van der Waals surface area contributed by atoms with Gasteiger partial charge in [0, 0.05) is 19.4 Å². The molecule has 142 valence electrons. The minimum absolute atomic E-state index is 0.0385. The number of nitrogens with zero attached hydrogens (tertiary/aromatic N) is 1. The first kappa shape index (κ1) is 20.0.